The maximum atomic E-state index is 3.36. The zero-order valence-corrected chi connectivity index (χ0v) is 33.2. The van der Waals surface area contributed by atoms with Crippen LogP contribution in [0.15, 0.2) is 0 Å². The Morgan fingerprint density at radius 1 is 0.216 bits per heavy atom. The van der Waals surface area contributed by atoms with Crippen LogP contribution in [0.2, 0.25) is 0 Å². The first kappa shape index (κ1) is 34.2. The van der Waals surface area contributed by atoms with Crippen LogP contribution in [0.25, 0.3) is 0 Å². The van der Waals surface area contributed by atoms with Gasteiger partial charge in [0.05, 0.1) is 0 Å². The lowest BCUT2D eigenvalue weighted by Crippen LogP contribution is -2.49. The van der Waals surface area contributed by atoms with Gasteiger partial charge < -0.3 is 0 Å². The molecule has 51 heavy (non-hydrogen) atoms. The Kier molecular flexibility index (Phi) is 9.69. The van der Waals surface area contributed by atoms with E-state index in [1.807, 2.05) is 0 Å². The SMILES string of the molecule is C1CCC(N2C3CCCCC3C3CC(C4CCC5C(C4)C4CCCCC4N5C4CCC(C5CCCC6C7CCCCC7CC56)CC4)CCC32)CC1. The van der Waals surface area contributed by atoms with Crippen molar-refractivity contribution >= 4 is 0 Å². The van der Waals surface area contributed by atoms with E-state index in [1.165, 1.54) is 44.9 Å². The number of hydrogen-bond donors (Lipinski definition) is 0. The average Bonchev–Trinajstić information content (AvgIpc) is 3.86. The minimum atomic E-state index is 0.951. The molecule has 0 N–H and O–H groups in total. The maximum absolute atomic E-state index is 3.36. The van der Waals surface area contributed by atoms with Gasteiger partial charge in [0.15, 0.2) is 0 Å². The van der Waals surface area contributed by atoms with Crippen molar-refractivity contribution in [2.75, 3.05) is 0 Å². The molecule has 15 unspecified atom stereocenters. The quantitative estimate of drug-likeness (QED) is 0.289. The Bertz CT molecular complexity index is 1180. The van der Waals surface area contributed by atoms with E-state index in [9.17, 15) is 0 Å². The Hall–Kier alpha value is -0.0800. The van der Waals surface area contributed by atoms with Crippen LogP contribution in [0.1, 0.15) is 199 Å². The minimum Gasteiger partial charge on any atom is -0.294 e. The fraction of sp³-hybridized carbons (Fsp3) is 1.00. The van der Waals surface area contributed by atoms with E-state index in [2.05, 4.69) is 9.80 Å². The van der Waals surface area contributed by atoms with Gasteiger partial charge in [-0.1, -0.05) is 70.6 Å². The highest BCUT2D eigenvalue weighted by molar-refractivity contribution is 5.10. The summed E-state index contributed by atoms with van der Waals surface area (Å²) in [5, 5.41) is 0. The van der Waals surface area contributed by atoms with E-state index in [0.717, 1.165) is 107 Å². The van der Waals surface area contributed by atoms with Gasteiger partial charge in [-0.05, 0) is 199 Å². The van der Waals surface area contributed by atoms with Gasteiger partial charge in [0.25, 0.3) is 0 Å². The first-order valence-corrected chi connectivity index (χ1v) is 24.8. The minimum absolute atomic E-state index is 0.951. The van der Waals surface area contributed by atoms with E-state index in [1.54, 1.807) is 154 Å². The zero-order valence-electron chi connectivity index (χ0n) is 33.2. The van der Waals surface area contributed by atoms with Crippen LogP contribution in [-0.2, 0) is 0 Å². The summed E-state index contributed by atoms with van der Waals surface area (Å²) in [5.41, 5.74) is 0. The molecular weight excluding hydrogens is 617 g/mol. The van der Waals surface area contributed by atoms with Crippen molar-refractivity contribution in [3.63, 3.8) is 0 Å². The van der Waals surface area contributed by atoms with Crippen molar-refractivity contribution in [2.45, 2.75) is 235 Å². The van der Waals surface area contributed by atoms with Crippen LogP contribution < -0.4 is 0 Å². The summed E-state index contributed by atoms with van der Waals surface area (Å²) in [5.74, 6) is 13.2. The van der Waals surface area contributed by atoms with Crippen molar-refractivity contribution in [1.82, 2.24) is 9.80 Å². The van der Waals surface area contributed by atoms with Crippen molar-refractivity contribution < 1.29 is 0 Å². The first-order chi connectivity index (χ1) is 25.3. The monoisotopic (exact) mass is 697 g/mol. The van der Waals surface area contributed by atoms with Crippen LogP contribution in [0.4, 0.5) is 0 Å². The van der Waals surface area contributed by atoms with Crippen LogP contribution in [0, 0.1) is 71.0 Å². The summed E-state index contributed by atoms with van der Waals surface area (Å²) < 4.78 is 0. The number of hydrogen-bond acceptors (Lipinski definition) is 2. The second kappa shape index (κ2) is 14.5. The predicted octanol–water partition coefficient (Wildman–Crippen LogP) is 12.4. The number of rotatable bonds is 4. The fourth-order valence-corrected chi connectivity index (χ4v) is 19.0. The molecule has 2 saturated heterocycles. The van der Waals surface area contributed by atoms with Crippen molar-refractivity contribution in [2.24, 2.45) is 71.0 Å². The molecule has 286 valence electrons. The van der Waals surface area contributed by atoms with Crippen LogP contribution in [0.3, 0.4) is 0 Å². The summed E-state index contributed by atoms with van der Waals surface area (Å²) in [7, 11) is 0. The zero-order chi connectivity index (χ0) is 33.5. The van der Waals surface area contributed by atoms with Crippen LogP contribution >= 0.6 is 0 Å². The molecule has 11 aliphatic rings. The Labute approximate surface area is 315 Å². The largest absolute Gasteiger partial charge is 0.294 e. The van der Waals surface area contributed by atoms with Crippen LogP contribution in [-0.4, -0.2) is 46.1 Å². The van der Waals surface area contributed by atoms with Crippen molar-refractivity contribution in [3.05, 3.63) is 0 Å². The molecule has 0 amide bonds. The Morgan fingerprint density at radius 3 is 1.29 bits per heavy atom. The summed E-state index contributed by atoms with van der Waals surface area (Å²) in [6.07, 6.45) is 48.9. The molecular formula is C49H80N2. The lowest BCUT2D eigenvalue weighted by molar-refractivity contribution is 0.0159. The van der Waals surface area contributed by atoms with E-state index < -0.39 is 0 Å². The summed E-state index contributed by atoms with van der Waals surface area (Å²) in [6.45, 7) is 0. The molecule has 0 bridgehead atoms. The maximum Gasteiger partial charge on any atom is 0.0133 e. The molecule has 11 rings (SSSR count). The first-order valence-electron chi connectivity index (χ1n) is 24.8. The number of fused-ring (bicyclic) bond motifs is 9. The van der Waals surface area contributed by atoms with Gasteiger partial charge >= 0.3 is 0 Å². The second-order valence-electron chi connectivity index (χ2n) is 22.3. The molecule has 11 fully saturated rings. The van der Waals surface area contributed by atoms with Crippen molar-refractivity contribution in [3.8, 4) is 0 Å². The summed E-state index contributed by atoms with van der Waals surface area (Å²) in [6, 6.07) is 5.82. The lowest BCUT2D eigenvalue weighted by atomic mass is 9.62. The second-order valence-corrected chi connectivity index (χ2v) is 22.3. The molecule has 2 heterocycles. The van der Waals surface area contributed by atoms with E-state index in [4.69, 9.17) is 0 Å². The standard InChI is InChI=1S/C49H80N2/c1-2-12-36(13-3-1)50-46-19-8-6-15-41(46)44-29-33(23-27-48(44)50)34-24-28-49-45(30-34)42-16-7-9-20-47(42)51(49)37-25-21-32(22-26-37)38-17-10-18-40-39-14-5-4-11-35(39)31-43(38)40/h32-49H,1-31H2. The number of nitrogens with zero attached hydrogens (tertiary/aromatic N) is 2. The molecule has 0 aromatic heterocycles. The molecule has 15 atom stereocenters. The molecule has 9 aliphatic carbocycles. The molecule has 0 aromatic carbocycles. The topological polar surface area (TPSA) is 6.48 Å². The third kappa shape index (κ3) is 5.94. The predicted molar refractivity (Wildman–Crippen MR) is 211 cm³/mol. The summed E-state index contributed by atoms with van der Waals surface area (Å²) >= 11 is 0. The van der Waals surface area contributed by atoms with E-state index in [0.29, 0.717) is 0 Å². The molecule has 0 aromatic rings. The lowest BCUT2D eigenvalue weighted by Gasteiger charge is -2.48. The van der Waals surface area contributed by atoms with E-state index in [-0.39, 0.29) is 0 Å². The van der Waals surface area contributed by atoms with Gasteiger partial charge in [-0.25, -0.2) is 0 Å². The number of likely N-dealkylation sites (tertiary alicyclic amines) is 2. The van der Waals surface area contributed by atoms with Gasteiger partial charge in [-0.2, -0.15) is 0 Å². The molecule has 2 heteroatoms. The average molecular weight is 697 g/mol. The van der Waals surface area contributed by atoms with Gasteiger partial charge in [-0.15, -0.1) is 0 Å². The van der Waals surface area contributed by atoms with Gasteiger partial charge in [0.1, 0.15) is 0 Å². The van der Waals surface area contributed by atoms with Crippen molar-refractivity contribution in [1.29, 1.82) is 0 Å². The molecule has 0 spiro atoms. The smallest absolute Gasteiger partial charge is 0.0133 e. The molecule has 2 nitrogen and oxygen atoms in total. The third-order valence-corrected chi connectivity index (χ3v) is 20.7. The summed E-state index contributed by atoms with van der Waals surface area (Å²) in [4.78, 5) is 6.63. The van der Waals surface area contributed by atoms with E-state index >= 15 is 0 Å². The van der Waals surface area contributed by atoms with Gasteiger partial charge in [0, 0.05) is 36.3 Å². The fourth-order valence-electron chi connectivity index (χ4n) is 19.0. The van der Waals surface area contributed by atoms with Gasteiger partial charge in [0.2, 0.25) is 0 Å². The van der Waals surface area contributed by atoms with Crippen LogP contribution in [0.5, 0.6) is 0 Å². The Morgan fingerprint density at radius 2 is 0.647 bits per heavy atom. The normalized spacial score (nSPS) is 53.8. The highest BCUT2D eigenvalue weighted by Gasteiger charge is 2.57. The molecule has 9 saturated carbocycles. The van der Waals surface area contributed by atoms with Gasteiger partial charge in [-0.3, -0.25) is 9.80 Å². The molecule has 2 aliphatic heterocycles. The Balaban J connectivity index is 0.752. The highest BCUT2D eigenvalue weighted by Crippen LogP contribution is 2.61. The highest BCUT2D eigenvalue weighted by atomic mass is 15.3. The molecule has 0 radical (unpaired) electrons. The third-order valence-electron chi connectivity index (χ3n) is 20.7.